The summed E-state index contributed by atoms with van der Waals surface area (Å²) in [5.41, 5.74) is 11.7. The Labute approximate surface area is 112 Å². The van der Waals surface area contributed by atoms with Gasteiger partial charge in [-0.05, 0) is 49.8 Å². The monoisotopic (exact) mass is 258 g/mol. The lowest BCUT2D eigenvalue weighted by molar-refractivity contribution is 0.872. The number of aromatic nitrogens is 1. The normalized spacial score (nSPS) is 15.7. The van der Waals surface area contributed by atoms with Crippen LogP contribution in [-0.4, -0.2) is 4.98 Å². The Morgan fingerprint density at radius 2 is 2.00 bits per heavy atom. The predicted octanol–water partition coefficient (Wildman–Crippen LogP) is 3.30. The van der Waals surface area contributed by atoms with E-state index in [9.17, 15) is 0 Å². The molecule has 1 heterocycles. The van der Waals surface area contributed by atoms with Gasteiger partial charge in [0.1, 0.15) is 0 Å². The van der Waals surface area contributed by atoms with Gasteiger partial charge < -0.3 is 5.73 Å². The van der Waals surface area contributed by atoms with Gasteiger partial charge in [0, 0.05) is 4.88 Å². The molecule has 18 heavy (non-hydrogen) atoms. The van der Waals surface area contributed by atoms with Gasteiger partial charge >= 0.3 is 0 Å². The van der Waals surface area contributed by atoms with Crippen molar-refractivity contribution in [3.05, 3.63) is 50.5 Å². The summed E-state index contributed by atoms with van der Waals surface area (Å²) in [6.07, 6.45) is 3.72. The van der Waals surface area contributed by atoms with Gasteiger partial charge in [-0.3, -0.25) is 0 Å². The van der Waals surface area contributed by atoms with Crippen molar-refractivity contribution < 1.29 is 0 Å². The molecule has 3 heteroatoms. The minimum absolute atomic E-state index is 0.0258. The van der Waals surface area contributed by atoms with Gasteiger partial charge in [-0.2, -0.15) is 0 Å². The van der Waals surface area contributed by atoms with Crippen molar-refractivity contribution in [1.82, 2.24) is 4.98 Å². The first-order valence-electron chi connectivity index (χ1n) is 6.46. The zero-order valence-corrected chi connectivity index (χ0v) is 11.7. The van der Waals surface area contributed by atoms with Crippen molar-refractivity contribution in [3.8, 4) is 0 Å². The van der Waals surface area contributed by atoms with Crippen molar-refractivity contribution >= 4 is 11.3 Å². The third kappa shape index (κ3) is 1.98. The highest BCUT2D eigenvalue weighted by atomic mass is 32.1. The number of hydrogen-bond donors (Lipinski definition) is 1. The zero-order valence-electron chi connectivity index (χ0n) is 10.9. The molecule has 1 unspecified atom stereocenters. The largest absolute Gasteiger partial charge is 0.320 e. The highest BCUT2D eigenvalue weighted by Crippen LogP contribution is 2.31. The van der Waals surface area contributed by atoms with Crippen LogP contribution in [0.4, 0.5) is 0 Å². The Bertz CT molecular complexity index is 586. The van der Waals surface area contributed by atoms with E-state index in [4.69, 9.17) is 5.73 Å². The van der Waals surface area contributed by atoms with Crippen LogP contribution in [0, 0.1) is 13.8 Å². The Hall–Kier alpha value is -1.19. The van der Waals surface area contributed by atoms with Crippen LogP contribution >= 0.6 is 11.3 Å². The summed E-state index contributed by atoms with van der Waals surface area (Å²) in [5, 5.41) is 1.10. The van der Waals surface area contributed by atoms with Gasteiger partial charge in [0.15, 0.2) is 0 Å². The maximum Gasteiger partial charge on any atom is 0.0900 e. The molecule has 1 aromatic heterocycles. The average molecular weight is 258 g/mol. The van der Waals surface area contributed by atoms with Gasteiger partial charge in [0.05, 0.1) is 16.7 Å². The van der Waals surface area contributed by atoms with Crippen molar-refractivity contribution in [2.75, 3.05) is 0 Å². The third-order valence-electron chi connectivity index (χ3n) is 3.70. The second-order valence-electron chi connectivity index (χ2n) is 5.04. The molecule has 0 radical (unpaired) electrons. The van der Waals surface area contributed by atoms with E-state index in [1.807, 2.05) is 13.8 Å². The van der Waals surface area contributed by atoms with E-state index in [-0.39, 0.29) is 6.04 Å². The molecule has 0 fully saturated rings. The number of aryl methyl sites for hydroxylation is 4. The van der Waals surface area contributed by atoms with Crippen molar-refractivity contribution in [3.63, 3.8) is 0 Å². The van der Waals surface area contributed by atoms with Gasteiger partial charge in [0.25, 0.3) is 0 Å². The second kappa shape index (κ2) is 4.48. The van der Waals surface area contributed by atoms with E-state index < -0.39 is 0 Å². The number of fused-ring (bicyclic) bond motifs is 1. The fourth-order valence-corrected chi connectivity index (χ4v) is 3.73. The quantitative estimate of drug-likeness (QED) is 0.897. The van der Waals surface area contributed by atoms with E-state index in [1.54, 1.807) is 11.3 Å². The van der Waals surface area contributed by atoms with E-state index >= 15 is 0 Å². The standard InChI is InChI=1S/C15H18N2S/c1-9-15(18-10(2)17-9)14(16)13-7-6-11-4-3-5-12(11)8-13/h6-8,14H,3-5,16H2,1-2H3. The Morgan fingerprint density at radius 1 is 1.22 bits per heavy atom. The van der Waals surface area contributed by atoms with E-state index in [2.05, 4.69) is 23.2 Å². The minimum atomic E-state index is -0.0258. The van der Waals surface area contributed by atoms with E-state index in [1.165, 1.54) is 40.8 Å². The highest BCUT2D eigenvalue weighted by Gasteiger charge is 2.18. The first-order chi connectivity index (χ1) is 8.65. The van der Waals surface area contributed by atoms with E-state index in [0.29, 0.717) is 0 Å². The van der Waals surface area contributed by atoms with Gasteiger partial charge in [-0.25, -0.2) is 4.98 Å². The SMILES string of the molecule is Cc1nc(C)c(C(N)c2ccc3c(c2)CCC3)s1. The van der Waals surface area contributed by atoms with Crippen LogP contribution in [0.15, 0.2) is 18.2 Å². The molecule has 3 rings (SSSR count). The molecule has 0 aliphatic heterocycles. The molecule has 0 bridgehead atoms. The molecular formula is C15H18N2S. The maximum absolute atomic E-state index is 6.39. The Kier molecular flexibility index (Phi) is 2.96. The second-order valence-corrected chi connectivity index (χ2v) is 6.28. The predicted molar refractivity (Wildman–Crippen MR) is 76.1 cm³/mol. The summed E-state index contributed by atoms with van der Waals surface area (Å²) in [6.45, 7) is 4.09. The fourth-order valence-electron chi connectivity index (χ4n) is 2.77. The molecule has 1 aliphatic carbocycles. The number of thiazole rings is 1. The van der Waals surface area contributed by atoms with Crippen molar-refractivity contribution in [1.29, 1.82) is 0 Å². The molecule has 2 N–H and O–H groups in total. The number of rotatable bonds is 2. The molecule has 1 atom stereocenters. The van der Waals surface area contributed by atoms with Crippen molar-refractivity contribution in [2.24, 2.45) is 5.73 Å². The molecule has 0 saturated heterocycles. The lowest BCUT2D eigenvalue weighted by Gasteiger charge is -2.12. The van der Waals surface area contributed by atoms with Gasteiger partial charge in [-0.15, -0.1) is 11.3 Å². The van der Waals surface area contributed by atoms with Crippen molar-refractivity contribution in [2.45, 2.75) is 39.2 Å². The zero-order chi connectivity index (χ0) is 12.7. The summed E-state index contributed by atoms with van der Waals surface area (Å²) < 4.78 is 0. The van der Waals surface area contributed by atoms with E-state index in [0.717, 1.165) is 10.7 Å². The van der Waals surface area contributed by atoms with Gasteiger partial charge in [0.2, 0.25) is 0 Å². The molecule has 2 aromatic rings. The molecular weight excluding hydrogens is 240 g/mol. The van der Waals surface area contributed by atoms with Crippen LogP contribution in [-0.2, 0) is 12.8 Å². The van der Waals surface area contributed by atoms with Crippen LogP contribution < -0.4 is 5.73 Å². The van der Waals surface area contributed by atoms with Gasteiger partial charge in [-0.1, -0.05) is 18.2 Å². The topological polar surface area (TPSA) is 38.9 Å². The number of nitrogens with two attached hydrogens (primary N) is 1. The Morgan fingerprint density at radius 3 is 2.72 bits per heavy atom. The third-order valence-corrected chi connectivity index (χ3v) is 4.86. The number of benzene rings is 1. The molecule has 0 saturated carbocycles. The summed E-state index contributed by atoms with van der Waals surface area (Å²) >= 11 is 1.71. The highest BCUT2D eigenvalue weighted by molar-refractivity contribution is 7.11. The first kappa shape index (κ1) is 11.9. The average Bonchev–Trinajstić information content (AvgIpc) is 2.93. The Balaban J connectivity index is 1.97. The number of hydrogen-bond acceptors (Lipinski definition) is 3. The lowest BCUT2D eigenvalue weighted by atomic mass is 10.00. The summed E-state index contributed by atoms with van der Waals surface area (Å²) in [6, 6.07) is 6.70. The molecule has 2 nitrogen and oxygen atoms in total. The maximum atomic E-state index is 6.39. The summed E-state index contributed by atoms with van der Waals surface area (Å²) in [5.74, 6) is 0. The minimum Gasteiger partial charge on any atom is -0.320 e. The molecule has 1 aromatic carbocycles. The van der Waals surface area contributed by atoms with Crippen LogP contribution in [0.25, 0.3) is 0 Å². The van der Waals surface area contributed by atoms with Crippen LogP contribution in [0.2, 0.25) is 0 Å². The number of nitrogens with zero attached hydrogens (tertiary/aromatic N) is 1. The smallest absolute Gasteiger partial charge is 0.0900 e. The van der Waals surface area contributed by atoms with Crippen LogP contribution in [0.1, 0.15) is 44.7 Å². The van der Waals surface area contributed by atoms with Crippen LogP contribution in [0.3, 0.4) is 0 Å². The van der Waals surface area contributed by atoms with Crippen LogP contribution in [0.5, 0.6) is 0 Å². The summed E-state index contributed by atoms with van der Waals surface area (Å²) in [4.78, 5) is 5.67. The summed E-state index contributed by atoms with van der Waals surface area (Å²) in [7, 11) is 0. The molecule has 0 spiro atoms. The lowest BCUT2D eigenvalue weighted by Crippen LogP contribution is -2.12. The molecule has 0 amide bonds. The first-order valence-corrected chi connectivity index (χ1v) is 7.28. The molecule has 1 aliphatic rings. The molecule has 94 valence electrons. The fraction of sp³-hybridized carbons (Fsp3) is 0.400.